The fourth-order valence-electron chi connectivity index (χ4n) is 3.73. The zero-order valence-corrected chi connectivity index (χ0v) is 18.5. The van der Waals surface area contributed by atoms with E-state index in [0.717, 1.165) is 38.1 Å². The molecular weight excluding hydrogens is 394 g/mol. The summed E-state index contributed by atoms with van der Waals surface area (Å²) in [6, 6.07) is 12.4. The number of amides is 1. The first-order valence-electron chi connectivity index (χ1n) is 10.9. The molecular formula is C24H31N3O4. The molecule has 31 heavy (non-hydrogen) atoms. The molecule has 0 unspecified atom stereocenters. The first-order valence-corrected chi connectivity index (χ1v) is 10.9. The SMILES string of the molecule is CC(C)c1ccc(OC[C@H](C)NC(=O)c2ccc(N3CCCCC3)c([N+](=O)[O-])c2)cc1. The first-order chi connectivity index (χ1) is 14.8. The molecule has 7 heteroatoms. The summed E-state index contributed by atoms with van der Waals surface area (Å²) in [5.74, 6) is 0.851. The van der Waals surface area contributed by atoms with Crippen molar-refractivity contribution in [3.8, 4) is 5.75 Å². The van der Waals surface area contributed by atoms with E-state index < -0.39 is 4.92 Å². The normalized spacial score (nSPS) is 14.9. The second-order valence-corrected chi connectivity index (χ2v) is 8.42. The summed E-state index contributed by atoms with van der Waals surface area (Å²) in [5.41, 5.74) is 2.08. The molecule has 0 bridgehead atoms. The lowest BCUT2D eigenvalue weighted by atomic mass is 10.0. The average Bonchev–Trinajstić information content (AvgIpc) is 2.78. The zero-order chi connectivity index (χ0) is 22.4. The molecule has 2 aromatic carbocycles. The van der Waals surface area contributed by atoms with E-state index in [9.17, 15) is 14.9 Å². The van der Waals surface area contributed by atoms with Gasteiger partial charge in [-0.15, -0.1) is 0 Å². The lowest BCUT2D eigenvalue weighted by molar-refractivity contribution is -0.384. The third-order valence-corrected chi connectivity index (χ3v) is 5.56. The molecule has 166 valence electrons. The highest BCUT2D eigenvalue weighted by atomic mass is 16.6. The minimum absolute atomic E-state index is 0.0244. The van der Waals surface area contributed by atoms with Gasteiger partial charge in [-0.25, -0.2) is 0 Å². The van der Waals surface area contributed by atoms with Gasteiger partial charge in [0.15, 0.2) is 0 Å². The number of piperidine rings is 1. The van der Waals surface area contributed by atoms with E-state index in [2.05, 4.69) is 19.2 Å². The Labute approximate surface area is 183 Å². The molecule has 0 radical (unpaired) electrons. The summed E-state index contributed by atoms with van der Waals surface area (Å²) in [6.45, 7) is 8.03. The number of anilines is 1. The van der Waals surface area contributed by atoms with E-state index in [0.29, 0.717) is 18.2 Å². The standard InChI is InChI=1S/C24H31N3O4/c1-17(2)19-7-10-21(11-8-19)31-16-18(3)25-24(28)20-9-12-22(23(15-20)27(29)30)26-13-5-4-6-14-26/h7-12,15,17-18H,4-6,13-14,16H2,1-3H3,(H,25,28)/t18-/m0/s1. The first kappa shape index (κ1) is 22.6. The molecule has 7 nitrogen and oxygen atoms in total. The lowest BCUT2D eigenvalue weighted by Gasteiger charge is -2.28. The molecule has 0 spiro atoms. The molecule has 0 aromatic heterocycles. The van der Waals surface area contributed by atoms with E-state index in [-0.39, 0.29) is 23.2 Å². The third-order valence-electron chi connectivity index (χ3n) is 5.56. The summed E-state index contributed by atoms with van der Waals surface area (Å²) in [6.07, 6.45) is 3.20. The van der Waals surface area contributed by atoms with Crippen LogP contribution in [0.5, 0.6) is 5.75 Å². The van der Waals surface area contributed by atoms with E-state index in [1.54, 1.807) is 12.1 Å². The Hall–Kier alpha value is -3.09. The molecule has 3 rings (SSSR count). The van der Waals surface area contributed by atoms with Gasteiger partial charge in [0.05, 0.1) is 11.0 Å². The number of hydrogen-bond acceptors (Lipinski definition) is 5. The summed E-state index contributed by atoms with van der Waals surface area (Å²) >= 11 is 0. The predicted molar refractivity (Wildman–Crippen MR) is 122 cm³/mol. The maximum Gasteiger partial charge on any atom is 0.293 e. The van der Waals surface area contributed by atoms with Crippen LogP contribution in [0.15, 0.2) is 42.5 Å². The highest BCUT2D eigenvalue weighted by Crippen LogP contribution is 2.31. The number of nitro benzene ring substituents is 1. The Morgan fingerprint density at radius 2 is 1.77 bits per heavy atom. The quantitative estimate of drug-likeness (QED) is 0.480. The highest BCUT2D eigenvalue weighted by Gasteiger charge is 2.23. The smallest absolute Gasteiger partial charge is 0.293 e. The van der Waals surface area contributed by atoms with Gasteiger partial charge >= 0.3 is 0 Å². The number of nitro groups is 1. The van der Waals surface area contributed by atoms with Crippen LogP contribution in [0.1, 0.15) is 61.9 Å². The number of ether oxygens (including phenoxy) is 1. The van der Waals surface area contributed by atoms with E-state index in [1.165, 1.54) is 11.6 Å². The van der Waals surface area contributed by atoms with E-state index >= 15 is 0 Å². The Balaban J connectivity index is 1.61. The van der Waals surface area contributed by atoms with Crippen LogP contribution in [-0.4, -0.2) is 36.6 Å². The molecule has 1 atom stereocenters. The predicted octanol–water partition coefficient (Wildman–Crippen LogP) is 4.91. The van der Waals surface area contributed by atoms with Crippen molar-refractivity contribution >= 4 is 17.3 Å². The molecule has 0 saturated carbocycles. The highest BCUT2D eigenvalue weighted by molar-refractivity contribution is 5.96. The van der Waals surface area contributed by atoms with Crippen LogP contribution in [0, 0.1) is 10.1 Å². The van der Waals surface area contributed by atoms with Crippen molar-refractivity contribution < 1.29 is 14.5 Å². The van der Waals surface area contributed by atoms with Gasteiger partial charge in [-0.2, -0.15) is 0 Å². The molecule has 0 aliphatic carbocycles. The van der Waals surface area contributed by atoms with Gasteiger partial charge in [0.25, 0.3) is 11.6 Å². The monoisotopic (exact) mass is 425 g/mol. The Kier molecular flexibility index (Phi) is 7.50. The summed E-state index contributed by atoms with van der Waals surface area (Å²) in [5, 5.41) is 14.5. The number of nitrogens with zero attached hydrogens (tertiary/aromatic N) is 2. The Morgan fingerprint density at radius 3 is 2.39 bits per heavy atom. The van der Waals surface area contributed by atoms with Gasteiger partial charge in [0.1, 0.15) is 18.0 Å². The summed E-state index contributed by atoms with van der Waals surface area (Å²) in [7, 11) is 0. The number of benzene rings is 2. The molecule has 1 aliphatic heterocycles. The third kappa shape index (κ3) is 5.96. The maximum atomic E-state index is 12.6. The fraction of sp³-hybridized carbons (Fsp3) is 0.458. The Morgan fingerprint density at radius 1 is 1.10 bits per heavy atom. The van der Waals surface area contributed by atoms with Crippen LogP contribution in [0.25, 0.3) is 0 Å². The van der Waals surface area contributed by atoms with Gasteiger partial charge in [-0.1, -0.05) is 26.0 Å². The van der Waals surface area contributed by atoms with E-state index in [1.807, 2.05) is 36.1 Å². The lowest BCUT2D eigenvalue weighted by Crippen LogP contribution is -2.37. The van der Waals surface area contributed by atoms with Gasteiger partial charge in [-0.05, 0) is 61.9 Å². The van der Waals surface area contributed by atoms with Crippen molar-refractivity contribution in [2.45, 2.75) is 52.0 Å². The topological polar surface area (TPSA) is 84.7 Å². The molecule has 1 amide bonds. The van der Waals surface area contributed by atoms with Crippen LogP contribution >= 0.6 is 0 Å². The number of rotatable bonds is 8. The molecule has 1 heterocycles. The molecule has 1 N–H and O–H groups in total. The number of carbonyl (C=O) groups is 1. The van der Waals surface area contributed by atoms with Crippen LogP contribution in [-0.2, 0) is 0 Å². The van der Waals surface area contributed by atoms with Crippen LogP contribution < -0.4 is 15.0 Å². The van der Waals surface area contributed by atoms with Crippen molar-refractivity contribution in [2.75, 3.05) is 24.6 Å². The van der Waals surface area contributed by atoms with Gasteiger partial charge in [-0.3, -0.25) is 14.9 Å². The van der Waals surface area contributed by atoms with Gasteiger partial charge in [0.2, 0.25) is 0 Å². The van der Waals surface area contributed by atoms with Gasteiger partial charge < -0.3 is 15.0 Å². The molecule has 1 aliphatic rings. The molecule has 1 fully saturated rings. The number of carbonyl (C=O) groups excluding carboxylic acids is 1. The van der Waals surface area contributed by atoms with Crippen molar-refractivity contribution in [1.29, 1.82) is 0 Å². The summed E-state index contributed by atoms with van der Waals surface area (Å²) in [4.78, 5) is 25.9. The van der Waals surface area contributed by atoms with E-state index in [4.69, 9.17) is 4.74 Å². The second kappa shape index (κ2) is 10.3. The largest absolute Gasteiger partial charge is 0.491 e. The maximum absolute atomic E-state index is 12.6. The Bertz CT molecular complexity index is 906. The minimum Gasteiger partial charge on any atom is -0.491 e. The van der Waals surface area contributed by atoms with Gasteiger partial charge in [0, 0.05) is 24.7 Å². The van der Waals surface area contributed by atoms with Crippen LogP contribution in [0.4, 0.5) is 11.4 Å². The van der Waals surface area contributed by atoms with Crippen LogP contribution in [0.2, 0.25) is 0 Å². The van der Waals surface area contributed by atoms with Crippen LogP contribution in [0.3, 0.4) is 0 Å². The minimum atomic E-state index is -0.409. The zero-order valence-electron chi connectivity index (χ0n) is 18.5. The summed E-state index contributed by atoms with van der Waals surface area (Å²) < 4.78 is 5.77. The van der Waals surface area contributed by atoms with Crippen molar-refractivity contribution in [2.24, 2.45) is 0 Å². The average molecular weight is 426 g/mol. The molecule has 2 aromatic rings. The molecule has 1 saturated heterocycles. The number of nitrogens with one attached hydrogen (secondary N) is 1. The van der Waals surface area contributed by atoms with Crippen molar-refractivity contribution in [1.82, 2.24) is 5.32 Å². The second-order valence-electron chi connectivity index (χ2n) is 8.42. The fourth-order valence-corrected chi connectivity index (χ4v) is 3.73. The van der Waals surface area contributed by atoms with Crippen molar-refractivity contribution in [3.63, 3.8) is 0 Å². The number of hydrogen-bond donors (Lipinski definition) is 1. The van der Waals surface area contributed by atoms with Crippen molar-refractivity contribution in [3.05, 3.63) is 63.7 Å².